The predicted molar refractivity (Wildman–Crippen MR) is 54.4 cm³/mol. The van der Waals surface area contributed by atoms with Crippen LogP contribution in [0.4, 0.5) is 0 Å². The van der Waals surface area contributed by atoms with E-state index in [1.807, 2.05) is 0 Å². The van der Waals surface area contributed by atoms with E-state index < -0.39 is 10.0 Å². The van der Waals surface area contributed by atoms with E-state index in [1.54, 1.807) is 0 Å². The number of nitrogens with two attached hydrogens (primary N) is 1. The smallest absolute Gasteiger partial charge is 0.239 e. The number of sulfonamides is 1. The summed E-state index contributed by atoms with van der Waals surface area (Å²) in [7, 11) is -2.53. The molecule has 0 spiro atoms. The summed E-state index contributed by atoms with van der Waals surface area (Å²) in [6.45, 7) is 0. The van der Waals surface area contributed by atoms with E-state index in [1.165, 1.54) is 19.2 Å². The van der Waals surface area contributed by atoms with Crippen LogP contribution in [0.5, 0.6) is 5.75 Å². The minimum Gasteiger partial charge on any atom is -0.495 e. The molecule has 0 bridgehead atoms. The Kier molecular flexibility index (Phi) is 3.26. The lowest BCUT2D eigenvalue weighted by atomic mass is 10.3. The van der Waals surface area contributed by atoms with Crippen LogP contribution in [0.25, 0.3) is 0 Å². The van der Waals surface area contributed by atoms with Gasteiger partial charge in [0.2, 0.25) is 10.0 Å². The monoisotopic (exact) mass is 255 g/mol. The van der Waals surface area contributed by atoms with Crippen LogP contribution in [0.2, 0.25) is 10.0 Å². The van der Waals surface area contributed by atoms with Gasteiger partial charge in [0.1, 0.15) is 15.7 Å². The zero-order chi connectivity index (χ0) is 10.9. The Morgan fingerprint density at radius 1 is 1.36 bits per heavy atom. The average molecular weight is 256 g/mol. The molecule has 0 aliphatic carbocycles. The summed E-state index contributed by atoms with van der Waals surface area (Å²) < 4.78 is 26.9. The molecule has 78 valence electrons. The molecule has 0 atom stereocenters. The highest BCUT2D eigenvalue weighted by Gasteiger charge is 2.17. The van der Waals surface area contributed by atoms with Gasteiger partial charge in [-0.1, -0.05) is 23.2 Å². The maximum absolute atomic E-state index is 11.1. The van der Waals surface area contributed by atoms with Gasteiger partial charge in [-0.05, 0) is 6.07 Å². The molecule has 1 aromatic rings. The van der Waals surface area contributed by atoms with Gasteiger partial charge in [-0.3, -0.25) is 0 Å². The van der Waals surface area contributed by atoms with Crippen LogP contribution in [0.15, 0.2) is 17.0 Å². The van der Waals surface area contributed by atoms with Crippen molar-refractivity contribution in [2.45, 2.75) is 4.90 Å². The Morgan fingerprint density at radius 2 is 1.93 bits per heavy atom. The zero-order valence-corrected chi connectivity index (χ0v) is 9.45. The first-order valence-corrected chi connectivity index (χ1v) is 5.72. The highest BCUT2D eigenvalue weighted by molar-refractivity contribution is 7.89. The molecule has 4 nitrogen and oxygen atoms in total. The van der Waals surface area contributed by atoms with Crippen LogP contribution in [-0.4, -0.2) is 15.5 Å². The summed E-state index contributed by atoms with van der Waals surface area (Å²) >= 11 is 11.4. The lowest BCUT2D eigenvalue weighted by Gasteiger charge is -2.07. The lowest BCUT2D eigenvalue weighted by Crippen LogP contribution is -2.13. The minimum atomic E-state index is -3.88. The van der Waals surface area contributed by atoms with Gasteiger partial charge in [-0.15, -0.1) is 0 Å². The average Bonchev–Trinajstić information content (AvgIpc) is 2.06. The van der Waals surface area contributed by atoms with Crippen LogP contribution in [-0.2, 0) is 10.0 Å². The molecule has 1 rings (SSSR count). The topological polar surface area (TPSA) is 69.4 Å². The third kappa shape index (κ3) is 2.30. The van der Waals surface area contributed by atoms with Crippen molar-refractivity contribution >= 4 is 33.2 Å². The van der Waals surface area contributed by atoms with Crippen molar-refractivity contribution in [3.8, 4) is 5.75 Å². The number of rotatable bonds is 2. The van der Waals surface area contributed by atoms with Crippen LogP contribution in [0, 0.1) is 0 Å². The van der Waals surface area contributed by atoms with Crippen molar-refractivity contribution in [2.24, 2.45) is 5.14 Å². The molecule has 1 aromatic carbocycles. The minimum absolute atomic E-state index is 0.0700. The first-order chi connectivity index (χ1) is 6.36. The Labute approximate surface area is 91.6 Å². The Bertz CT molecular complexity index is 458. The molecular weight excluding hydrogens is 249 g/mol. The quantitative estimate of drug-likeness (QED) is 0.874. The van der Waals surface area contributed by atoms with Crippen LogP contribution < -0.4 is 9.88 Å². The van der Waals surface area contributed by atoms with Gasteiger partial charge in [0.05, 0.1) is 7.11 Å². The van der Waals surface area contributed by atoms with Gasteiger partial charge in [0, 0.05) is 11.1 Å². The van der Waals surface area contributed by atoms with Gasteiger partial charge < -0.3 is 4.74 Å². The lowest BCUT2D eigenvalue weighted by molar-refractivity contribution is 0.413. The molecule has 2 N–H and O–H groups in total. The van der Waals surface area contributed by atoms with Crippen molar-refractivity contribution in [1.82, 2.24) is 0 Å². The number of primary sulfonamides is 1. The molecule has 7 heteroatoms. The fourth-order valence-electron chi connectivity index (χ4n) is 0.896. The van der Waals surface area contributed by atoms with E-state index in [0.29, 0.717) is 0 Å². The predicted octanol–water partition coefficient (Wildman–Crippen LogP) is 1.65. The summed E-state index contributed by atoms with van der Waals surface area (Å²) in [6, 6.07) is 2.57. The van der Waals surface area contributed by atoms with Gasteiger partial charge in [0.25, 0.3) is 0 Å². The Balaban J connectivity index is 3.53. The van der Waals surface area contributed by atoms with Gasteiger partial charge in [-0.2, -0.15) is 0 Å². The number of halogens is 2. The van der Waals surface area contributed by atoms with Crippen molar-refractivity contribution in [2.75, 3.05) is 7.11 Å². The maximum atomic E-state index is 11.1. The van der Waals surface area contributed by atoms with Crippen LogP contribution in [0.3, 0.4) is 0 Å². The van der Waals surface area contributed by atoms with Crippen molar-refractivity contribution in [1.29, 1.82) is 0 Å². The van der Waals surface area contributed by atoms with E-state index in [0.717, 1.165) is 0 Å². The first kappa shape index (κ1) is 11.6. The van der Waals surface area contributed by atoms with E-state index in [2.05, 4.69) is 0 Å². The van der Waals surface area contributed by atoms with Crippen LogP contribution in [0.1, 0.15) is 0 Å². The summed E-state index contributed by atoms with van der Waals surface area (Å²) in [4.78, 5) is -0.247. The van der Waals surface area contributed by atoms with Crippen molar-refractivity contribution < 1.29 is 13.2 Å². The number of hydrogen-bond acceptors (Lipinski definition) is 3. The fourth-order valence-corrected chi connectivity index (χ4v) is 2.32. The van der Waals surface area contributed by atoms with E-state index in [-0.39, 0.29) is 20.7 Å². The molecule has 0 radical (unpaired) electrons. The number of ether oxygens (including phenoxy) is 1. The third-order valence-electron chi connectivity index (χ3n) is 1.50. The standard InChI is InChI=1S/C7H7Cl2NO3S/c1-13-5-2-4(8)3-6(7(5)9)14(10,11)12/h2-3H,1H3,(H2,10,11,12). The Hall–Kier alpha value is -0.490. The van der Waals surface area contributed by atoms with Crippen LogP contribution >= 0.6 is 23.2 Å². The fraction of sp³-hybridized carbons (Fsp3) is 0.143. The largest absolute Gasteiger partial charge is 0.495 e. The zero-order valence-electron chi connectivity index (χ0n) is 7.12. The second kappa shape index (κ2) is 3.94. The molecule has 0 aliphatic rings. The molecule has 0 aromatic heterocycles. The summed E-state index contributed by atoms with van der Waals surface area (Å²) in [5.74, 6) is 0.170. The molecule has 0 aliphatic heterocycles. The Morgan fingerprint density at radius 3 is 2.36 bits per heavy atom. The van der Waals surface area contributed by atoms with E-state index >= 15 is 0 Å². The molecule has 0 saturated carbocycles. The number of benzene rings is 1. The molecule has 0 saturated heterocycles. The highest BCUT2D eigenvalue weighted by Crippen LogP contribution is 2.33. The van der Waals surface area contributed by atoms with Gasteiger partial charge >= 0.3 is 0 Å². The highest BCUT2D eigenvalue weighted by atomic mass is 35.5. The molecular formula is C7H7Cl2NO3S. The second-order valence-corrected chi connectivity index (χ2v) is 4.81. The SMILES string of the molecule is COc1cc(Cl)cc(S(N)(=O)=O)c1Cl. The van der Waals surface area contributed by atoms with Crippen molar-refractivity contribution in [3.63, 3.8) is 0 Å². The maximum Gasteiger partial charge on any atom is 0.239 e. The molecule has 0 unspecified atom stereocenters. The van der Waals surface area contributed by atoms with E-state index in [4.69, 9.17) is 33.1 Å². The molecule has 0 amide bonds. The molecule has 0 heterocycles. The van der Waals surface area contributed by atoms with Gasteiger partial charge in [0.15, 0.2) is 0 Å². The summed E-state index contributed by atoms with van der Waals surface area (Å²) in [6.07, 6.45) is 0. The molecule has 14 heavy (non-hydrogen) atoms. The third-order valence-corrected chi connectivity index (χ3v) is 3.15. The van der Waals surface area contributed by atoms with E-state index in [9.17, 15) is 8.42 Å². The number of methoxy groups -OCH3 is 1. The van der Waals surface area contributed by atoms with Crippen molar-refractivity contribution in [3.05, 3.63) is 22.2 Å². The normalized spacial score (nSPS) is 11.4. The van der Waals surface area contributed by atoms with Gasteiger partial charge in [-0.25, -0.2) is 13.6 Å². The number of hydrogen-bond donors (Lipinski definition) is 1. The second-order valence-electron chi connectivity index (χ2n) is 2.47. The summed E-state index contributed by atoms with van der Waals surface area (Å²) in [5.41, 5.74) is 0. The first-order valence-electron chi connectivity index (χ1n) is 3.42. The molecule has 0 fully saturated rings. The summed E-state index contributed by atoms with van der Waals surface area (Å²) in [5, 5.41) is 5.04.